The van der Waals surface area contributed by atoms with Crippen LogP contribution in [0.4, 0.5) is 14.9 Å². The molecule has 4 aromatic rings. The van der Waals surface area contributed by atoms with Crippen LogP contribution in [0.15, 0.2) is 79.0 Å². The molecule has 7 nitrogen and oxygen atoms in total. The van der Waals surface area contributed by atoms with E-state index in [9.17, 15) is 9.18 Å². The minimum absolute atomic E-state index is 0.0707. The second-order valence-electron chi connectivity index (χ2n) is 9.58. The summed E-state index contributed by atoms with van der Waals surface area (Å²) in [7, 11) is 0. The second-order valence-corrected chi connectivity index (χ2v) is 9.58. The summed E-state index contributed by atoms with van der Waals surface area (Å²) >= 11 is 0. The molecular formula is C31H33FN4O3. The minimum atomic E-state index is -0.363. The minimum Gasteiger partial charge on any atom is -0.492 e. The molecule has 1 aliphatic heterocycles. The van der Waals surface area contributed by atoms with Gasteiger partial charge in [0.2, 0.25) is 0 Å². The predicted molar refractivity (Wildman–Crippen MR) is 151 cm³/mol. The average molecular weight is 529 g/mol. The molecule has 0 atom stereocenters. The lowest BCUT2D eigenvalue weighted by Crippen LogP contribution is -2.33. The largest absolute Gasteiger partial charge is 0.492 e. The summed E-state index contributed by atoms with van der Waals surface area (Å²) in [5, 5.41) is 7.35. The Balaban J connectivity index is 1.18. The number of carbonyl (C=O) groups excluding carboxylic acids is 1. The number of hydrogen-bond donors (Lipinski definition) is 2. The highest BCUT2D eigenvalue weighted by Crippen LogP contribution is 2.32. The van der Waals surface area contributed by atoms with Crippen LogP contribution in [0.2, 0.25) is 0 Å². The van der Waals surface area contributed by atoms with Crippen LogP contribution >= 0.6 is 0 Å². The van der Waals surface area contributed by atoms with Crippen molar-refractivity contribution in [3.63, 3.8) is 0 Å². The van der Waals surface area contributed by atoms with Crippen molar-refractivity contribution in [3.05, 3.63) is 96.1 Å². The molecule has 2 heterocycles. The molecule has 39 heavy (non-hydrogen) atoms. The number of benzene rings is 3. The van der Waals surface area contributed by atoms with Crippen LogP contribution in [0.25, 0.3) is 10.8 Å². The number of rotatable bonds is 10. The van der Waals surface area contributed by atoms with Crippen molar-refractivity contribution in [2.45, 2.75) is 32.4 Å². The number of hydrogen-bond acceptors (Lipinski definition) is 5. The number of pyridine rings is 1. The average Bonchev–Trinajstić information content (AvgIpc) is 2.97. The molecule has 0 aliphatic carbocycles. The topological polar surface area (TPSA) is 75.7 Å². The Morgan fingerprint density at radius 2 is 1.74 bits per heavy atom. The zero-order valence-corrected chi connectivity index (χ0v) is 21.9. The van der Waals surface area contributed by atoms with Gasteiger partial charge >= 0.3 is 6.03 Å². The maximum absolute atomic E-state index is 14.8. The lowest BCUT2D eigenvalue weighted by Gasteiger charge is -2.26. The Morgan fingerprint density at radius 3 is 2.54 bits per heavy atom. The molecule has 2 N–H and O–H groups in total. The standard InChI is InChI=1S/C31H33FN4O3/c32-28-20-25(38-19-18-36-16-6-1-7-17-36)12-11-23(28)22-39-30-14-13-29(26-9-2-3-10-27(26)30)35-31(37)34-21-24-8-4-5-15-33-24/h2-5,8-15,20H,1,6-7,16-19,21-22H2,(H2,34,35,37). The molecule has 202 valence electrons. The number of fused-ring (bicyclic) bond motifs is 1. The van der Waals surface area contributed by atoms with Gasteiger partial charge in [0.15, 0.2) is 0 Å². The Hall–Kier alpha value is -4.17. The van der Waals surface area contributed by atoms with E-state index in [0.29, 0.717) is 35.9 Å². The summed E-state index contributed by atoms with van der Waals surface area (Å²) < 4.78 is 26.6. The van der Waals surface area contributed by atoms with Crippen molar-refractivity contribution in [2.24, 2.45) is 0 Å². The SMILES string of the molecule is O=C(NCc1ccccn1)Nc1ccc(OCc2ccc(OCCN3CCCCC3)cc2F)c2ccccc12. The van der Waals surface area contributed by atoms with Gasteiger partial charge in [-0.2, -0.15) is 0 Å². The summed E-state index contributed by atoms with van der Waals surface area (Å²) in [6, 6.07) is 21.3. The van der Waals surface area contributed by atoms with Gasteiger partial charge in [0.05, 0.1) is 17.9 Å². The first-order valence-corrected chi connectivity index (χ1v) is 13.4. The summed E-state index contributed by atoms with van der Waals surface area (Å²) in [4.78, 5) is 19.1. The molecule has 2 amide bonds. The summed E-state index contributed by atoms with van der Waals surface area (Å²) in [5.41, 5.74) is 1.86. The summed E-state index contributed by atoms with van der Waals surface area (Å²) in [6.45, 7) is 4.01. The third kappa shape index (κ3) is 7.23. The third-order valence-corrected chi connectivity index (χ3v) is 6.82. The highest BCUT2D eigenvalue weighted by Gasteiger charge is 2.13. The number of amides is 2. The second kappa shape index (κ2) is 13.1. The predicted octanol–water partition coefficient (Wildman–Crippen LogP) is 6.14. The van der Waals surface area contributed by atoms with E-state index in [1.165, 1.54) is 25.3 Å². The van der Waals surface area contributed by atoms with E-state index in [2.05, 4.69) is 20.5 Å². The molecule has 0 saturated carbocycles. The molecule has 1 aliphatic rings. The van der Waals surface area contributed by atoms with E-state index in [1.54, 1.807) is 30.5 Å². The lowest BCUT2D eigenvalue weighted by atomic mass is 10.1. The lowest BCUT2D eigenvalue weighted by molar-refractivity contribution is 0.183. The van der Waals surface area contributed by atoms with Crippen molar-refractivity contribution in [1.29, 1.82) is 0 Å². The van der Waals surface area contributed by atoms with E-state index in [0.717, 1.165) is 36.1 Å². The number of likely N-dealkylation sites (tertiary alicyclic amines) is 1. The maximum Gasteiger partial charge on any atom is 0.319 e. The molecule has 1 saturated heterocycles. The van der Waals surface area contributed by atoms with Crippen molar-refractivity contribution < 1.29 is 18.7 Å². The van der Waals surface area contributed by atoms with Crippen molar-refractivity contribution in [3.8, 4) is 11.5 Å². The molecule has 5 rings (SSSR count). The fourth-order valence-electron chi connectivity index (χ4n) is 4.71. The smallest absolute Gasteiger partial charge is 0.319 e. The third-order valence-electron chi connectivity index (χ3n) is 6.82. The molecule has 1 fully saturated rings. The number of halogens is 1. The zero-order valence-electron chi connectivity index (χ0n) is 21.9. The molecule has 1 aromatic heterocycles. The normalized spacial score (nSPS) is 13.7. The first kappa shape index (κ1) is 26.4. The van der Waals surface area contributed by atoms with Gasteiger partial charge in [-0.15, -0.1) is 0 Å². The van der Waals surface area contributed by atoms with E-state index in [4.69, 9.17) is 9.47 Å². The highest BCUT2D eigenvalue weighted by atomic mass is 19.1. The van der Waals surface area contributed by atoms with Gasteiger partial charge < -0.3 is 20.1 Å². The molecule has 8 heteroatoms. The van der Waals surface area contributed by atoms with Gasteiger partial charge in [-0.05, 0) is 62.3 Å². The van der Waals surface area contributed by atoms with Gasteiger partial charge in [-0.25, -0.2) is 9.18 Å². The van der Waals surface area contributed by atoms with Gasteiger partial charge in [-0.1, -0.05) is 36.8 Å². The summed E-state index contributed by atoms with van der Waals surface area (Å²) in [6.07, 6.45) is 5.46. The highest BCUT2D eigenvalue weighted by molar-refractivity contribution is 6.03. The quantitative estimate of drug-likeness (QED) is 0.259. The van der Waals surface area contributed by atoms with E-state index in [-0.39, 0.29) is 18.5 Å². The van der Waals surface area contributed by atoms with Crippen molar-refractivity contribution >= 4 is 22.5 Å². The number of urea groups is 1. The van der Waals surface area contributed by atoms with Crippen molar-refractivity contribution in [2.75, 3.05) is 31.6 Å². The van der Waals surface area contributed by atoms with Gasteiger partial charge in [0.25, 0.3) is 0 Å². The van der Waals surface area contributed by atoms with Gasteiger partial charge in [0, 0.05) is 35.1 Å². The Bertz CT molecular complexity index is 1390. The van der Waals surface area contributed by atoms with Crippen molar-refractivity contribution in [1.82, 2.24) is 15.2 Å². The van der Waals surface area contributed by atoms with E-state index >= 15 is 0 Å². The van der Waals surface area contributed by atoms with E-state index in [1.807, 2.05) is 42.5 Å². The molecule has 0 unspecified atom stereocenters. The summed E-state index contributed by atoms with van der Waals surface area (Å²) in [5.74, 6) is 0.763. The number of nitrogens with one attached hydrogen (secondary N) is 2. The molecule has 0 spiro atoms. The van der Waals surface area contributed by atoms with Crippen LogP contribution in [0, 0.1) is 5.82 Å². The van der Waals surface area contributed by atoms with Crippen LogP contribution in [-0.4, -0.2) is 42.2 Å². The Kier molecular flexibility index (Phi) is 8.86. The monoisotopic (exact) mass is 528 g/mol. The van der Waals surface area contributed by atoms with E-state index < -0.39 is 0 Å². The Morgan fingerprint density at radius 1 is 0.923 bits per heavy atom. The number of anilines is 1. The maximum atomic E-state index is 14.8. The zero-order chi connectivity index (χ0) is 26.9. The molecular weight excluding hydrogens is 495 g/mol. The molecule has 3 aromatic carbocycles. The number of nitrogens with zero attached hydrogens (tertiary/aromatic N) is 2. The first-order valence-electron chi connectivity index (χ1n) is 13.4. The first-order chi connectivity index (χ1) is 19.2. The Labute approximate surface area is 228 Å². The number of carbonyl (C=O) groups is 1. The molecule has 0 radical (unpaired) electrons. The van der Waals surface area contributed by atoms with Crippen LogP contribution in [-0.2, 0) is 13.2 Å². The number of aromatic nitrogens is 1. The van der Waals surface area contributed by atoms with Gasteiger partial charge in [-0.3, -0.25) is 9.88 Å². The van der Waals surface area contributed by atoms with Crippen LogP contribution in [0.3, 0.4) is 0 Å². The fourth-order valence-corrected chi connectivity index (χ4v) is 4.71. The number of ether oxygens (including phenoxy) is 2. The van der Waals surface area contributed by atoms with Gasteiger partial charge in [0.1, 0.15) is 30.5 Å². The van der Waals surface area contributed by atoms with Crippen LogP contribution in [0.1, 0.15) is 30.5 Å². The van der Waals surface area contributed by atoms with Crippen LogP contribution in [0.5, 0.6) is 11.5 Å². The fraction of sp³-hybridized carbons (Fsp3) is 0.290. The number of piperidine rings is 1. The van der Waals surface area contributed by atoms with Crippen LogP contribution < -0.4 is 20.1 Å². The molecule has 0 bridgehead atoms.